The highest BCUT2D eigenvalue weighted by molar-refractivity contribution is 6.00. The number of carboxylic acid groups (broad SMARTS) is 1. The van der Waals surface area contributed by atoms with Crippen LogP contribution < -0.4 is 0 Å². The second-order valence-corrected chi connectivity index (χ2v) is 2.65. The van der Waals surface area contributed by atoms with Gasteiger partial charge in [-0.2, -0.15) is 5.10 Å². The summed E-state index contributed by atoms with van der Waals surface area (Å²) in [5, 5.41) is 14.6. The number of H-pyrrole nitrogens is 1. The van der Waals surface area contributed by atoms with Crippen molar-refractivity contribution >= 4 is 11.8 Å². The predicted molar refractivity (Wildman–Crippen MR) is 39.5 cm³/mol. The number of ether oxygens (including phenoxy) is 1. The molecule has 0 fully saturated rings. The molecule has 0 saturated carbocycles. The lowest BCUT2D eigenvalue weighted by atomic mass is 10.1. The van der Waals surface area contributed by atoms with Crippen molar-refractivity contribution in [2.24, 2.45) is 0 Å². The maximum Gasteiger partial charge on any atom is 0.354 e. The average molecular weight is 182 g/mol. The van der Waals surface area contributed by atoms with Crippen LogP contribution in [0.15, 0.2) is 0 Å². The fourth-order valence-corrected chi connectivity index (χ4v) is 1.23. The summed E-state index contributed by atoms with van der Waals surface area (Å²) >= 11 is 0. The average Bonchev–Trinajstić information content (AvgIpc) is 2.48. The first-order chi connectivity index (χ1) is 6.20. The zero-order valence-electron chi connectivity index (χ0n) is 6.53. The number of hydrogen-bond acceptors (Lipinski definition) is 4. The Hall–Kier alpha value is -1.69. The van der Waals surface area contributed by atoms with Crippen LogP contribution in [0.1, 0.15) is 26.5 Å². The molecule has 2 N–H and O–H groups in total. The van der Waals surface area contributed by atoms with Crippen molar-refractivity contribution in [2.45, 2.75) is 6.61 Å². The summed E-state index contributed by atoms with van der Waals surface area (Å²) < 4.78 is 4.88. The van der Waals surface area contributed by atoms with Crippen molar-refractivity contribution in [1.29, 1.82) is 0 Å². The maximum atomic E-state index is 11.1. The molecule has 1 aromatic heterocycles. The molecule has 6 heteroatoms. The van der Waals surface area contributed by atoms with Gasteiger partial charge in [0.1, 0.15) is 18.0 Å². The third-order valence-electron chi connectivity index (χ3n) is 1.82. The van der Waals surface area contributed by atoms with Crippen LogP contribution in [0.2, 0.25) is 0 Å². The van der Waals surface area contributed by atoms with Crippen molar-refractivity contribution in [3.05, 3.63) is 17.0 Å². The van der Waals surface area contributed by atoms with Gasteiger partial charge in [0.05, 0.1) is 6.61 Å². The van der Waals surface area contributed by atoms with E-state index < -0.39 is 5.97 Å². The summed E-state index contributed by atoms with van der Waals surface area (Å²) in [7, 11) is 0. The molecule has 2 heterocycles. The quantitative estimate of drug-likeness (QED) is 0.628. The monoisotopic (exact) mass is 182 g/mol. The van der Waals surface area contributed by atoms with E-state index in [9.17, 15) is 9.59 Å². The maximum absolute atomic E-state index is 11.1. The van der Waals surface area contributed by atoms with E-state index in [0.29, 0.717) is 5.56 Å². The summed E-state index contributed by atoms with van der Waals surface area (Å²) in [6.45, 7) is 0.0934. The Morgan fingerprint density at radius 1 is 1.54 bits per heavy atom. The lowest BCUT2D eigenvalue weighted by Crippen LogP contribution is -2.18. The molecule has 0 aromatic carbocycles. The molecule has 0 bridgehead atoms. The number of carboxylic acids is 1. The second-order valence-electron chi connectivity index (χ2n) is 2.65. The Morgan fingerprint density at radius 2 is 2.31 bits per heavy atom. The number of aromatic amines is 1. The number of aromatic carboxylic acids is 1. The van der Waals surface area contributed by atoms with E-state index in [1.54, 1.807) is 0 Å². The number of nitrogens with zero attached hydrogens (tertiary/aromatic N) is 1. The molecule has 0 amide bonds. The van der Waals surface area contributed by atoms with E-state index in [0.717, 1.165) is 0 Å². The summed E-state index contributed by atoms with van der Waals surface area (Å²) in [5.41, 5.74) is 0.454. The zero-order chi connectivity index (χ0) is 9.42. The molecule has 6 nitrogen and oxygen atoms in total. The minimum absolute atomic E-state index is 0.0308. The molecule has 68 valence electrons. The van der Waals surface area contributed by atoms with Gasteiger partial charge in [-0.15, -0.1) is 0 Å². The van der Waals surface area contributed by atoms with E-state index in [1.165, 1.54) is 0 Å². The number of hydrogen-bond donors (Lipinski definition) is 2. The largest absolute Gasteiger partial charge is 0.477 e. The number of ketones is 1. The number of carbonyl (C=O) groups excluding carboxylic acids is 1. The molecule has 13 heavy (non-hydrogen) atoms. The first-order valence-electron chi connectivity index (χ1n) is 3.61. The van der Waals surface area contributed by atoms with E-state index >= 15 is 0 Å². The van der Waals surface area contributed by atoms with E-state index in [2.05, 4.69) is 10.2 Å². The number of rotatable bonds is 1. The summed E-state index contributed by atoms with van der Waals surface area (Å²) in [6.07, 6.45) is 0. The van der Waals surface area contributed by atoms with Crippen LogP contribution >= 0.6 is 0 Å². The Balaban J connectivity index is 2.53. The van der Waals surface area contributed by atoms with Crippen molar-refractivity contribution < 1.29 is 19.4 Å². The third kappa shape index (κ3) is 1.11. The van der Waals surface area contributed by atoms with Crippen LogP contribution in [-0.2, 0) is 11.3 Å². The van der Waals surface area contributed by atoms with Crippen molar-refractivity contribution in [3.8, 4) is 0 Å². The van der Waals surface area contributed by atoms with Crippen LogP contribution in [0.5, 0.6) is 0 Å². The second kappa shape index (κ2) is 2.67. The van der Waals surface area contributed by atoms with Gasteiger partial charge in [0.15, 0.2) is 0 Å². The van der Waals surface area contributed by atoms with Gasteiger partial charge in [-0.3, -0.25) is 9.89 Å². The standard InChI is InChI=1S/C7H6N2O4/c10-4-2-13-1-3-5(4)8-9-6(3)7(11)12/h1-2H2,(H,8,9)(H,11,12). The van der Waals surface area contributed by atoms with Gasteiger partial charge in [-0.1, -0.05) is 0 Å². The van der Waals surface area contributed by atoms with E-state index in [4.69, 9.17) is 9.84 Å². The molecule has 0 unspecified atom stereocenters. The fraction of sp³-hybridized carbons (Fsp3) is 0.286. The first-order valence-corrected chi connectivity index (χ1v) is 3.61. The number of carbonyl (C=O) groups is 2. The molecule has 0 radical (unpaired) electrons. The Bertz CT molecular complexity index is 368. The molecule has 0 saturated heterocycles. The van der Waals surface area contributed by atoms with Gasteiger partial charge in [0.25, 0.3) is 0 Å². The number of fused-ring (bicyclic) bond motifs is 1. The van der Waals surface area contributed by atoms with Gasteiger partial charge in [-0.05, 0) is 0 Å². The van der Waals surface area contributed by atoms with Crippen LogP contribution in [0.4, 0.5) is 0 Å². The Kier molecular flexibility index (Phi) is 1.63. The molecule has 2 rings (SSSR count). The molecule has 0 atom stereocenters. The van der Waals surface area contributed by atoms with Gasteiger partial charge < -0.3 is 9.84 Å². The Morgan fingerprint density at radius 3 is 3.00 bits per heavy atom. The molecular weight excluding hydrogens is 176 g/mol. The Labute approximate surface area is 72.5 Å². The highest BCUT2D eigenvalue weighted by Gasteiger charge is 2.26. The molecule has 1 aliphatic heterocycles. The van der Waals surface area contributed by atoms with Gasteiger partial charge in [0, 0.05) is 5.56 Å². The van der Waals surface area contributed by atoms with E-state index in [1.807, 2.05) is 0 Å². The number of nitrogens with one attached hydrogen (secondary N) is 1. The highest BCUT2D eigenvalue weighted by Crippen LogP contribution is 2.17. The smallest absolute Gasteiger partial charge is 0.354 e. The summed E-state index contributed by atoms with van der Waals surface area (Å²) in [6, 6.07) is 0. The van der Waals surface area contributed by atoms with Crippen LogP contribution in [0, 0.1) is 0 Å². The SMILES string of the molecule is O=C1COCc2c1n[nH]c2C(=O)O. The first kappa shape index (κ1) is 7.93. The van der Waals surface area contributed by atoms with Gasteiger partial charge >= 0.3 is 5.97 Å². The van der Waals surface area contributed by atoms with Crippen LogP contribution in [-0.4, -0.2) is 33.7 Å². The number of aromatic nitrogens is 2. The minimum atomic E-state index is -1.13. The lowest BCUT2D eigenvalue weighted by molar-refractivity contribution is 0.0639. The molecule has 1 aromatic rings. The van der Waals surface area contributed by atoms with Crippen LogP contribution in [0.3, 0.4) is 0 Å². The minimum Gasteiger partial charge on any atom is -0.477 e. The topological polar surface area (TPSA) is 92.3 Å². The van der Waals surface area contributed by atoms with Crippen molar-refractivity contribution in [3.63, 3.8) is 0 Å². The highest BCUT2D eigenvalue weighted by atomic mass is 16.5. The van der Waals surface area contributed by atoms with E-state index in [-0.39, 0.29) is 30.4 Å². The van der Waals surface area contributed by atoms with Crippen LogP contribution in [0.25, 0.3) is 0 Å². The van der Waals surface area contributed by atoms with Crippen molar-refractivity contribution in [2.75, 3.05) is 6.61 Å². The molecule has 0 spiro atoms. The normalized spacial score (nSPS) is 15.5. The fourth-order valence-electron chi connectivity index (χ4n) is 1.23. The predicted octanol–water partition coefficient (Wildman–Crippen LogP) is -0.179. The molecular formula is C7H6N2O4. The molecule has 1 aliphatic rings. The lowest BCUT2D eigenvalue weighted by Gasteiger charge is -2.09. The summed E-state index contributed by atoms with van der Waals surface area (Å²) in [4.78, 5) is 21.7. The zero-order valence-corrected chi connectivity index (χ0v) is 6.53. The third-order valence-corrected chi connectivity index (χ3v) is 1.82. The number of Topliss-reactive ketones (excluding diaryl/α,β-unsaturated/α-hetero) is 1. The molecule has 0 aliphatic carbocycles. The van der Waals surface area contributed by atoms with Crippen molar-refractivity contribution in [1.82, 2.24) is 10.2 Å². The van der Waals surface area contributed by atoms with Gasteiger partial charge in [0.2, 0.25) is 5.78 Å². The summed E-state index contributed by atoms with van der Waals surface area (Å²) in [5.74, 6) is -1.42. The van der Waals surface area contributed by atoms with Gasteiger partial charge in [-0.25, -0.2) is 4.79 Å².